The van der Waals surface area contributed by atoms with Gasteiger partial charge < -0.3 is 0 Å². The van der Waals surface area contributed by atoms with Crippen LogP contribution >= 0.6 is 27.3 Å². The first-order chi connectivity index (χ1) is 7.16. The molecule has 0 N–H and O–H groups in total. The van der Waals surface area contributed by atoms with Gasteiger partial charge in [0.15, 0.2) is 0 Å². The highest BCUT2D eigenvalue weighted by Crippen LogP contribution is 2.28. The monoisotopic (exact) mass is 281 g/mol. The number of hydrogen-bond donors (Lipinski definition) is 0. The van der Waals surface area contributed by atoms with E-state index in [2.05, 4.69) is 52.3 Å². The Morgan fingerprint density at radius 1 is 1.33 bits per heavy atom. The van der Waals surface area contributed by atoms with Gasteiger partial charge >= 0.3 is 0 Å². The van der Waals surface area contributed by atoms with Crippen molar-refractivity contribution in [3.63, 3.8) is 0 Å². The van der Waals surface area contributed by atoms with Crippen molar-refractivity contribution in [3.05, 3.63) is 39.8 Å². The van der Waals surface area contributed by atoms with Gasteiger partial charge in [-0.2, -0.15) is 0 Å². The van der Waals surface area contributed by atoms with Crippen molar-refractivity contribution in [3.8, 4) is 10.6 Å². The van der Waals surface area contributed by atoms with Gasteiger partial charge in [0.1, 0.15) is 5.01 Å². The topological polar surface area (TPSA) is 12.9 Å². The van der Waals surface area contributed by atoms with Crippen LogP contribution in [0, 0.1) is 0 Å². The number of hydrogen-bond acceptors (Lipinski definition) is 2. The summed E-state index contributed by atoms with van der Waals surface area (Å²) in [7, 11) is 0. The zero-order chi connectivity index (χ0) is 10.8. The zero-order valence-corrected chi connectivity index (χ0v) is 11.1. The Bertz CT molecular complexity index is 462. The maximum atomic E-state index is 4.62. The van der Waals surface area contributed by atoms with Gasteiger partial charge in [-0.15, -0.1) is 11.3 Å². The van der Waals surface area contributed by atoms with Crippen LogP contribution in [0.2, 0.25) is 0 Å². The lowest BCUT2D eigenvalue weighted by Crippen LogP contribution is -1.86. The molecule has 0 saturated heterocycles. The van der Waals surface area contributed by atoms with E-state index in [1.165, 1.54) is 11.3 Å². The summed E-state index contributed by atoms with van der Waals surface area (Å²) in [6.45, 7) is 4.33. The van der Waals surface area contributed by atoms with Gasteiger partial charge in [0.2, 0.25) is 0 Å². The first-order valence-corrected chi connectivity index (χ1v) is 6.55. The van der Waals surface area contributed by atoms with Crippen LogP contribution in [0.25, 0.3) is 10.6 Å². The molecule has 2 aromatic rings. The third-order valence-electron chi connectivity index (χ3n) is 2.19. The number of benzene rings is 1. The van der Waals surface area contributed by atoms with Gasteiger partial charge in [0.05, 0.1) is 5.69 Å². The molecule has 0 aliphatic rings. The largest absolute Gasteiger partial charge is 0.241 e. The summed E-state index contributed by atoms with van der Waals surface area (Å²) in [6.07, 6.45) is 0. The minimum absolute atomic E-state index is 0.502. The van der Waals surface area contributed by atoms with E-state index in [9.17, 15) is 0 Å². The molecule has 1 heterocycles. The second kappa shape index (κ2) is 4.45. The normalized spacial score (nSPS) is 10.9. The zero-order valence-electron chi connectivity index (χ0n) is 8.70. The molecule has 0 bridgehead atoms. The SMILES string of the molecule is CC(C)c1csc(-c2cccc(Br)c2)n1. The van der Waals surface area contributed by atoms with Crippen LogP contribution < -0.4 is 0 Å². The van der Waals surface area contributed by atoms with Crippen LogP contribution in [0.1, 0.15) is 25.5 Å². The van der Waals surface area contributed by atoms with Crippen LogP contribution in [0.4, 0.5) is 0 Å². The molecule has 1 nitrogen and oxygen atoms in total. The van der Waals surface area contributed by atoms with Gasteiger partial charge in [-0.25, -0.2) is 4.98 Å². The second-order valence-corrected chi connectivity index (χ2v) is 5.52. The number of aromatic nitrogens is 1. The minimum atomic E-state index is 0.502. The van der Waals surface area contributed by atoms with Crippen molar-refractivity contribution in [2.45, 2.75) is 19.8 Å². The Labute approximate surface area is 102 Å². The van der Waals surface area contributed by atoms with Gasteiger partial charge in [-0.05, 0) is 18.1 Å². The highest BCUT2D eigenvalue weighted by atomic mass is 79.9. The Kier molecular flexibility index (Phi) is 3.22. The average molecular weight is 282 g/mol. The summed E-state index contributed by atoms with van der Waals surface area (Å²) in [5.74, 6) is 0.502. The van der Waals surface area contributed by atoms with Crippen molar-refractivity contribution >= 4 is 27.3 Å². The maximum absolute atomic E-state index is 4.62. The first kappa shape index (κ1) is 10.8. The fourth-order valence-electron chi connectivity index (χ4n) is 1.31. The molecule has 1 aromatic heterocycles. The van der Waals surface area contributed by atoms with Crippen molar-refractivity contribution in [2.24, 2.45) is 0 Å². The van der Waals surface area contributed by atoms with E-state index in [1.54, 1.807) is 11.3 Å². The standard InChI is InChI=1S/C12H12BrNS/c1-8(2)11-7-15-12(14-11)9-4-3-5-10(13)6-9/h3-8H,1-2H3. The van der Waals surface area contributed by atoms with Gasteiger partial charge in [0.25, 0.3) is 0 Å². The molecule has 0 spiro atoms. The molecule has 0 aliphatic carbocycles. The smallest absolute Gasteiger partial charge is 0.123 e. The van der Waals surface area contributed by atoms with Crippen molar-refractivity contribution in [1.82, 2.24) is 4.98 Å². The fourth-order valence-corrected chi connectivity index (χ4v) is 2.68. The predicted molar refractivity (Wildman–Crippen MR) is 69.3 cm³/mol. The molecule has 15 heavy (non-hydrogen) atoms. The lowest BCUT2D eigenvalue weighted by molar-refractivity contribution is 0.834. The molecule has 0 fully saturated rings. The van der Waals surface area contributed by atoms with Gasteiger partial charge in [0, 0.05) is 15.4 Å². The predicted octanol–water partition coefficient (Wildman–Crippen LogP) is 4.70. The Balaban J connectivity index is 2.37. The molecule has 78 valence electrons. The molecule has 0 unspecified atom stereocenters. The summed E-state index contributed by atoms with van der Waals surface area (Å²) in [4.78, 5) is 4.62. The molecule has 0 radical (unpaired) electrons. The minimum Gasteiger partial charge on any atom is -0.241 e. The molecule has 0 aliphatic heterocycles. The number of halogens is 1. The second-order valence-electron chi connectivity index (χ2n) is 3.74. The van der Waals surface area contributed by atoms with E-state index in [-0.39, 0.29) is 0 Å². The number of nitrogens with zero attached hydrogens (tertiary/aromatic N) is 1. The van der Waals surface area contributed by atoms with Crippen molar-refractivity contribution in [2.75, 3.05) is 0 Å². The van der Waals surface area contributed by atoms with Crippen molar-refractivity contribution in [1.29, 1.82) is 0 Å². The van der Waals surface area contributed by atoms with E-state index in [4.69, 9.17) is 0 Å². The van der Waals surface area contributed by atoms with Crippen LogP contribution in [0.15, 0.2) is 34.1 Å². The number of rotatable bonds is 2. The molecule has 0 amide bonds. The first-order valence-electron chi connectivity index (χ1n) is 4.88. The van der Waals surface area contributed by atoms with Crippen LogP contribution in [-0.4, -0.2) is 4.98 Å². The maximum Gasteiger partial charge on any atom is 0.123 e. The quantitative estimate of drug-likeness (QED) is 0.778. The molecule has 0 saturated carbocycles. The Morgan fingerprint density at radius 2 is 2.13 bits per heavy atom. The molecule has 3 heteroatoms. The molecule has 1 aromatic carbocycles. The van der Waals surface area contributed by atoms with Crippen LogP contribution in [0.5, 0.6) is 0 Å². The van der Waals surface area contributed by atoms with E-state index < -0.39 is 0 Å². The van der Waals surface area contributed by atoms with E-state index >= 15 is 0 Å². The van der Waals surface area contributed by atoms with E-state index in [1.807, 2.05) is 12.1 Å². The average Bonchev–Trinajstić information content (AvgIpc) is 2.66. The summed E-state index contributed by atoms with van der Waals surface area (Å²) in [6, 6.07) is 8.26. The highest BCUT2D eigenvalue weighted by Gasteiger charge is 2.07. The lowest BCUT2D eigenvalue weighted by Gasteiger charge is -1.98. The summed E-state index contributed by atoms with van der Waals surface area (Å²) in [5, 5.41) is 3.24. The summed E-state index contributed by atoms with van der Waals surface area (Å²) in [5.41, 5.74) is 2.36. The third-order valence-corrected chi connectivity index (χ3v) is 3.59. The number of thiazole rings is 1. The van der Waals surface area contributed by atoms with E-state index in [0.29, 0.717) is 5.92 Å². The molecular formula is C12H12BrNS. The third kappa shape index (κ3) is 2.47. The fraction of sp³-hybridized carbons (Fsp3) is 0.250. The van der Waals surface area contributed by atoms with Crippen LogP contribution in [-0.2, 0) is 0 Å². The van der Waals surface area contributed by atoms with Gasteiger partial charge in [-0.3, -0.25) is 0 Å². The highest BCUT2D eigenvalue weighted by molar-refractivity contribution is 9.10. The lowest BCUT2D eigenvalue weighted by atomic mass is 10.1. The van der Waals surface area contributed by atoms with Crippen LogP contribution in [0.3, 0.4) is 0 Å². The van der Waals surface area contributed by atoms with Gasteiger partial charge in [-0.1, -0.05) is 41.9 Å². The molecular weight excluding hydrogens is 270 g/mol. The Morgan fingerprint density at radius 3 is 2.73 bits per heavy atom. The molecule has 2 rings (SSSR count). The van der Waals surface area contributed by atoms with Crippen molar-refractivity contribution < 1.29 is 0 Å². The summed E-state index contributed by atoms with van der Waals surface area (Å²) >= 11 is 5.18. The summed E-state index contributed by atoms with van der Waals surface area (Å²) < 4.78 is 1.10. The molecule has 0 atom stereocenters. The van der Waals surface area contributed by atoms with E-state index in [0.717, 1.165) is 9.48 Å². The Hall–Kier alpha value is -0.670.